The summed E-state index contributed by atoms with van der Waals surface area (Å²) < 4.78 is 0. The molecule has 2 amide bonds. The van der Waals surface area contributed by atoms with Crippen LogP contribution in [-0.2, 0) is 9.59 Å². The summed E-state index contributed by atoms with van der Waals surface area (Å²) in [5, 5.41) is 8.89. The molecule has 1 spiro atoms. The van der Waals surface area contributed by atoms with Crippen molar-refractivity contribution >= 4 is 11.8 Å². The summed E-state index contributed by atoms with van der Waals surface area (Å²) in [6, 6.07) is 2.20. The van der Waals surface area contributed by atoms with E-state index in [4.69, 9.17) is 5.26 Å². The Bertz CT molecular complexity index is 435. The van der Waals surface area contributed by atoms with Crippen molar-refractivity contribution in [3.05, 3.63) is 0 Å². The predicted octanol–water partition coefficient (Wildman–Crippen LogP) is 1.74. The van der Waals surface area contributed by atoms with Crippen molar-refractivity contribution in [2.45, 2.75) is 46.0 Å². The van der Waals surface area contributed by atoms with Gasteiger partial charge in [0.2, 0.25) is 11.8 Å². The molecule has 2 aliphatic rings. The number of likely N-dealkylation sites (tertiary alicyclic amines) is 1. The molecule has 1 heterocycles. The predicted molar refractivity (Wildman–Crippen MR) is 74.3 cm³/mol. The first-order valence-electron chi connectivity index (χ1n) is 7.49. The van der Waals surface area contributed by atoms with Crippen LogP contribution in [0.15, 0.2) is 0 Å². The number of rotatable bonds is 5. The van der Waals surface area contributed by atoms with Crippen LogP contribution in [0.1, 0.15) is 46.0 Å². The van der Waals surface area contributed by atoms with E-state index in [0.29, 0.717) is 19.6 Å². The maximum absolute atomic E-state index is 12.6. The van der Waals surface area contributed by atoms with Gasteiger partial charge < -0.3 is 0 Å². The minimum absolute atomic E-state index is 0.0167. The Kier molecular flexibility index (Phi) is 4.44. The van der Waals surface area contributed by atoms with Crippen molar-refractivity contribution in [2.24, 2.45) is 11.3 Å². The molecule has 0 aromatic heterocycles. The van der Waals surface area contributed by atoms with Gasteiger partial charge in [0.05, 0.1) is 24.1 Å². The fourth-order valence-corrected chi connectivity index (χ4v) is 3.36. The molecular weight excluding hydrogens is 254 g/mol. The topological polar surface area (TPSA) is 64.4 Å². The number of carbonyl (C=O) groups excluding carboxylic acids is 2. The van der Waals surface area contributed by atoms with Crippen LogP contribution in [-0.4, -0.2) is 41.4 Å². The molecule has 1 saturated carbocycles. The van der Waals surface area contributed by atoms with Crippen LogP contribution in [0, 0.1) is 22.7 Å². The third kappa shape index (κ3) is 2.71. The molecule has 1 aliphatic carbocycles. The SMILES string of the molecule is CCN(C[C@H](C)C#N)CN1C(=O)CC2(CCCC2)C1=O. The van der Waals surface area contributed by atoms with Crippen molar-refractivity contribution in [3.63, 3.8) is 0 Å². The van der Waals surface area contributed by atoms with E-state index in [9.17, 15) is 9.59 Å². The quantitative estimate of drug-likeness (QED) is 0.718. The van der Waals surface area contributed by atoms with Gasteiger partial charge in [-0.3, -0.25) is 19.4 Å². The minimum Gasteiger partial charge on any atom is -0.285 e. The number of carbonyl (C=O) groups is 2. The average molecular weight is 277 g/mol. The van der Waals surface area contributed by atoms with Crippen LogP contribution >= 0.6 is 0 Å². The first-order chi connectivity index (χ1) is 9.52. The second kappa shape index (κ2) is 5.92. The molecule has 0 N–H and O–H groups in total. The van der Waals surface area contributed by atoms with Crippen LogP contribution in [0.3, 0.4) is 0 Å². The first-order valence-corrected chi connectivity index (χ1v) is 7.49. The average Bonchev–Trinajstić information content (AvgIpc) is 2.99. The molecule has 1 aliphatic heterocycles. The Labute approximate surface area is 120 Å². The number of hydrogen-bond acceptors (Lipinski definition) is 4. The van der Waals surface area contributed by atoms with E-state index in [0.717, 1.165) is 32.2 Å². The molecule has 5 heteroatoms. The van der Waals surface area contributed by atoms with Gasteiger partial charge in [-0.2, -0.15) is 5.26 Å². The second-order valence-corrected chi connectivity index (χ2v) is 6.13. The monoisotopic (exact) mass is 277 g/mol. The van der Waals surface area contributed by atoms with Gasteiger partial charge in [0.1, 0.15) is 0 Å². The van der Waals surface area contributed by atoms with Gasteiger partial charge >= 0.3 is 0 Å². The summed E-state index contributed by atoms with van der Waals surface area (Å²) in [5.41, 5.74) is -0.392. The zero-order valence-electron chi connectivity index (χ0n) is 12.4. The van der Waals surface area contributed by atoms with Gasteiger partial charge in [0.25, 0.3) is 0 Å². The molecule has 110 valence electrons. The highest BCUT2D eigenvalue weighted by Crippen LogP contribution is 2.46. The van der Waals surface area contributed by atoms with E-state index in [-0.39, 0.29) is 17.7 Å². The standard InChI is InChI=1S/C15H23N3O2/c1-3-17(10-12(2)9-16)11-18-13(19)8-15(14(18)20)6-4-5-7-15/h12H,3-8,10-11H2,1-2H3/t12-/m1/s1. The molecule has 20 heavy (non-hydrogen) atoms. The Morgan fingerprint density at radius 2 is 2.05 bits per heavy atom. The summed E-state index contributed by atoms with van der Waals surface area (Å²) in [4.78, 5) is 28.1. The summed E-state index contributed by atoms with van der Waals surface area (Å²) in [6.45, 7) is 5.50. The van der Waals surface area contributed by atoms with E-state index in [1.807, 2.05) is 18.7 Å². The minimum atomic E-state index is -0.392. The Morgan fingerprint density at radius 1 is 1.40 bits per heavy atom. The third-order valence-corrected chi connectivity index (χ3v) is 4.59. The highest BCUT2D eigenvalue weighted by atomic mass is 16.2. The maximum atomic E-state index is 12.6. The lowest BCUT2D eigenvalue weighted by atomic mass is 9.85. The van der Waals surface area contributed by atoms with Crippen LogP contribution in [0.5, 0.6) is 0 Å². The van der Waals surface area contributed by atoms with E-state index in [1.165, 1.54) is 4.90 Å². The van der Waals surface area contributed by atoms with E-state index < -0.39 is 5.41 Å². The van der Waals surface area contributed by atoms with Gasteiger partial charge in [-0.05, 0) is 26.3 Å². The Balaban J connectivity index is 2.03. The molecule has 2 rings (SSSR count). The van der Waals surface area contributed by atoms with Crippen molar-refractivity contribution in [1.29, 1.82) is 5.26 Å². The fourth-order valence-electron chi connectivity index (χ4n) is 3.36. The molecule has 0 bridgehead atoms. The highest BCUT2D eigenvalue weighted by Gasteiger charge is 2.52. The largest absolute Gasteiger partial charge is 0.285 e. The Morgan fingerprint density at radius 3 is 2.60 bits per heavy atom. The highest BCUT2D eigenvalue weighted by molar-refractivity contribution is 6.06. The van der Waals surface area contributed by atoms with Gasteiger partial charge in [-0.15, -0.1) is 0 Å². The molecule has 5 nitrogen and oxygen atoms in total. The number of hydrogen-bond donors (Lipinski definition) is 0. The smallest absolute Gasteiger partial charge is 0.237 e. The van der Waals surface area contributed by atoms with Gasteiger partial charge in [0, 0.05) is 13.0 Å². The van der Waals surface area contributed by atoms with E-state index in [1.54, 1.807) is 0 Å². The summed E-state index contributed by atoms with van der Waals surface area (Å²) in [7, 11) is 0. The van der Waals surface area contributed by atoms with Crippen molar-refractivity contribution < 1.29 is 9.59 Å². The molecule has 1 atom stereocenters. The van der Waals surface area contributed by atoms with Gasteiger partial charge in [-0.25, -0.2) is 0 Å². The van der Waals surface area contributed by atoms with Gasteiger partial charge in [0.15, 0.2) is 0 Å². The van der Waals surface area contributed by atoms with Crippen LogP contribution < -0.4 is 0 Å². The van der Waals surface area contributed by atoms with Crippen LogP contribution in [0.2, 0.25) is 0 Å². The van der Waals surface area contributed by atoms with E-state index >= 15 is 0 Å². The molecule has 2 fully saturated rings. The number of nitrogens with zero attached hydrogens (tertiary/aromatic N) is 3. The molecule has 1 saturated heterocycles. The van der Waals surface area contributed by atoms with Crippen molar-refractivity contribution in [3.8, 4) is 6.07 Å². The van der Waals surface area contributed by atoms with Crippen LogP contribution in [0.25, 0.3) is 0 Å². The number of amides is 2. The normalized spacial score (nSPS) is 22.8. The summed E-state index contributed by atoms with van der Waals surface area (Å²) in [6.07, 6.45) is 4.20. The van der Waals surface area contributed by atoms with Crippen molar-refractivity contribution in [1.82, 2.24) is 9.80 Å². The third-order valence-electron chi connectivity index (χ3n) is 4.59. The first kappa shape index (κ1) is 15.0. The fraction of sp³-hybridized carbons (Fsp3) is 0.800. The van der Waals surface area contributed by atoms with E-state index in [2.05, 4.69) is 6.07 Å². The lowest BCUT2D eigenvalue weighted by Gasteiger charge is -2.27. The lowest BCUT2D eigenvalue weighted by molar-refractivity contribution is -0.143. The second-order valence-electron chi connectivity index (χ2n) is 6.13. The molecule has 0 radical (unpaired) electrons. The molecular formula is C15H23N3O2. The zero-order valence-corrected chi connectivity index (χ0v) is 12.4. The lowest BCUT2D eigenvalue weighted by Crippen LogP contribution is -2.44. The van der Waals surface area contributed by atoms with Crippen molar-refractivity contribution in [2.75, 3.05) is 19.8 Å². The summed E-state index contributed by atoms with van der Waals surface area (Å²) >= 11 is 0. The van der Waals surface area contributed by atoms with Gasteiger partial charge in [-0.1, -0.05) is 19.8 Å². The molecule has 0 aromatic carbocycles. The molecule has 0 aromatic rings. The molecule has 0 unspecified atom stereocenters. The Hall–Kier alpha value is -1.41. The number of imide groups is 1. The zero-order chi connectivity index (χ0) is 14.8. The maximum Gasteiger partial charge on any atom is 0.237 e. The number of nitriles is 1. The summed E-state index contributed by atoms with van der Waals surface area (Å²) in [5.74, 6) is -0.119. The van der Waals surface area contributed by atoms with Crippen LogP contribution in [0.4, 0.5) is 0 Å².